The van der Waals surface area contributed by atoms with E-state index in [-0.39, 0.29) is 5.82 Å². The fourth-order valence-corrected chi connectivity index (χ4v) is 2.57. The second kappa shape index (κ2) is 7.33. The Kier molecular flexibility index (Phi) is 4.98. The third-order valence-corrected chi connectivity index (χ3v) is 3.73. The zero-order chi connectivity index (χ0) is 16.9. The molecule has 1 N–H and O–H groups in total. The Morgan fingerprint density at radius 3 is 2.33 bits per heavy atom. The number of para-hydroxylation sites is 2. The Balaban J connectivity index is 1.97. The quantitative estimate of drug-likeness (QED) is 0.702. The Hall–Kier alpha value is -2.57. The number of fused-ring (bicyclic) bond motifs is 1. The second-order valence-electron chi connectivity index (χ2n) is 5.23. The van der Waals surface area contributed by atoms with Gasteiger partial charge in [0.25, 0.3) is 0 Å². The molecule has 24 heavy (non-hydrogen) atoms. The molecule has 1 unspecified atom stereocenters. The molecule has 2 aromatic carbocycles. The van der Waals surface area contributed by atoms with Crippen molar-refractivity contribution in [3.8, 4) is 0 Å². The normalized spacial score (nSPS) is 12.5. The highest BCUT2D eigenvalue weighted by atomic mass is 19.1. The third kappa shape index (κ3) is 3.34. The summed E-state index contributed by atoms with van der Waals surface area (Å²) in [7, 11) is 3.02. The number of halogens is 1. The van der Waals surface area contributed by atoms with Crippen molar-refractivity contribution in [1.29, 1.82) is 0 Å². The molecule has 0 spiro atoms. The summed E-state index contributed by atoms with van der Waals surface area (Å²) < 4.78 is 24.9. The standard InChI is InChI=1S/C18H18FN3O2/c1-23-18(24-2)17(12-7-3-4-8-13(12)19)22-16-11-20-14-9-5-6-10-15(14)21-16/h3-11,17-18H,1-2H3,(H,21,22). The number of rotatable bonds is 6. The van der Waals surface area contributed by atoms with E-state index >= 15 is 0 Å². The number of methoxy groups -OCH3 is 2. The summed E-state index contributed by atoms with van der Waals surface area (Å²) in [5, 5.41) is 3.17. The Labute approximate surface area is 139 Å². The molecule has 0 aliphatic carbocycles. The van der Waals surface area contributed by atoms with Crippen molar-refractivity contribution in [2.75, 3.05) is 19.5 Å². The van der Waals surface area contributed by atoms with E-state index in [1.807, 2.05) is 24.3 Å². The molecule has 0 saturated carbocycles. The highest BCUT2D eigenvalue weighted by Crippen LogP contribution is 2.26. The zero-order valence-electron chi connectivity index (χ0n) is 13.4. The zero-order valence-corrected chi connectivity index (χ0v) is 13.4. The lowest BCUT2D eigenvalue weighted by molar-refractivity contribution is -0.113. The molecule has 0 saturated heterocycles. The van der Waals surface area contributed by atoms with Gasteiger partial charge in [-0.25, -0.2) is 9.37 Å². The number of anilines is 1. The number of ether oxygens (including phenoxy) is 2. The molecule has 5 nitrogen and oxygen atoms in total. The van der Waals surface area contributed by atoms with Crippen LogP contribution in [0.3, 0.4) is 0 Å². The maximum absolute atomic E-state index is 14.2. The summed E-state index contributed by atoms with van der Waals surface area (Å²) in [4.78, 5) is 8.87. The number of nitrogens with one attached hydrogen (secondary N) is 1. The van der Waals surface area contributed by atoms with Crippen LogP contribution in [-0.2, 0) is 9.47 Å². The molecule has 0 aliphatic rings. The minimum atomic E-state index is -0.685. The number of aromatic nitrogens is 2. The summed E-state index contributed by atoms with van der Waals surface area (Å²) in [5.74, 6) is 0.170. The highest BCUT2D eigenvalue weighted by molar-refractivity contribution is 5.75. The van der Waals surface area contributed by atoms with Gasteiger partial charge in [0.2, 0.25) is 0 Å². The minimum Gasteiger partial charge on any atom is -0.357 e. The van der Waals surface area contributed by atoms with E-state index in [0.717, 1.165) is 11.0 Å². The van der Waals surface area contributed by atoms with Gasteiger partial charge in [-0.2, -0.15) is 0 Å². The molecule has 6 heteroatoms. The van der Waals surface area contributed by atoms with Gasteiger partial charge in [0.15, 0.2) is 6.29 Å². The predicted molar refractivity (Wildman–Crippen MR) is 90.1 cm³/mol. The van der Waals surface area contributed by atoms with Crippen molar-refractivity contribution in [3.63, 3.8) is 0 Å². The topological polar surface area (TPSA) is 56.3 Å². The maximum atomic E-state index is 14.2. The molecule has 1 atom stereocenters. The summed E-state index contributed by atoms with van der Waals surface area (Å²) in [6.45, 7) is 0. The molecule has 124 valence electrons. The van der Waals surface area contributed by atoms with Crippen molar-refractivity contribution in [1.82, 2.24) is 9.97 Å². The van der Waals surface area contributed by atoms with Gasteiger partial charge >= 0.3 is 0 Å². The van der Waals surface area contributed by atoms with E-state index < -0.39 is 12.3 Å². The van der Waals surface area contributed by atoms with Crippen LogP contribution in [0.1, 0.15) is 11.6 Å². The lowest BCUT2D eigenvalue weighted by Crippen LogP contribution is -2.30. The van der Waals surface area contributed by atoms with Crippen LogP contribution in [0.15, 0.2) is 54.7 Å². The summed E-state index contributed by atoms with van der Waals surface area (Å²) in [5.41, 5.74) is 1.97. The SMILES string of the molecule is COC(OC)C(Nc1cnc2ccccc2n1)c1ccccc1F. The van der Waals surface area contributed by atoms with Crippen molar-refractivity contribution in [3.05, 3.63) is 66.1 Å². The molecule has 0 aliphatic heterocycles. The summed E-state index contributed by atoms with van der Waals surface area (Å²) in [6, 6.07) is 13.5. The molecular formula is C18H18FN3O2. The Morgan fingerprint density at radius 2 is 1.62 bits per heavy atom. The summed E-state index contributed by atoms with van der Waals surface area (Å²) >= 11 is 0. The van der Waals surface area contributed by atoms with E-state index in [1.165, 1.54) is 20.3 Å². The highest BCUT2D eigenvalue weighted by Gasteiger charge is 2.26. The fraction of sp³-hybridized carbons (Fsp3) is 0.222. The lowest BCUT2D eigenvalue weighted by atomic mass is 10.1. The van der Waals surface area contributed by atoms with Crippen LogP contribution in [0.4, 0.5) is 10.2 Å². The number of hydrogen-bond donors (Lipinski definition) is 1. The first-order valence-electron chi connectivity index (χ1n) is 7.51. The number of nitrogens with zero attached hydrogens (tertiary/aromatic N) is 2. The molecule has 3 aromatic rings. The Morgan fingerprint density at radius 1 is 0.958 bits per heavy atom. The monoisotopic (exact) mass is 327 g/mol. The van der Waals surface area contributed by atoms with Crippen LogP contribution in [0.25, 0.3) is 11.0 Å². The maximum Gasteiger partial charge on any atom is 0.181 e. The van der Waals surface area contributed by atoms with E-state index in [1.54, 1.807) is 24.4 Å². The van der Waals surface area contributed by atoms with E-state index in [9.17, 15) is 4.39 Å². The second-order valence-corrected chi connectivity index (χ2v) is 5.23. The molecule has 0 fully saturated rings. The van der Waals surface area contributed by atoms with Gasteiger partial charge < -0.3 is 14.8 Å². The van der Waals surface area contributed by atoms with Gasteiger partial charge in [-0.1, -0.05) is 30.3 Å². The molecule has 1 heterocycles. The van der Waals surface area contributed by atoms with Gasteiger partial charge in [-0.3, -0.25) is 4.98 Å². The van der Waals surface area contributed by atoms with Crippen LogP contribution in [0.5, 0.6) is 0 Å². The van der Waals surface area contributed by atoms with E-state index in [0.29, 0.717) is 11.4 Å². The number of hydrogen-bond acceptors (Lipinski definition) is 5. The van der Waals surface area contributed by atoms with Crippen LogP contribution in [0, 0.1) is 5.82 Å². The molecule has 0 amide bonds. The smallest absolute Gasteiger partial charge is 0.181 e. The van der Waals surface area contributed by atoms with Crippen LogP contribution < -0.4 is 5.32 Å². The van der Waals surface area contributed by atoms with Crippen molar-refractivity contribution < 1.29 is 13.9 Å². The Bertz CT molecular complexity index is 824. The van der Waals surface area contributed by atoms with E-state index in [4.69, 9.17) is 9.47 Å². The predicted octanol–water partition coefficient (Wildman–Crippen LogP) is 3.54. The molecule has 3 rings (SSSR count). The third-order valence-electron chi connectivity index (χ3n) is 3.73. The van der Waals surface area contributed by atoms with Crippen LogP contribution >= 0.6 is 0 Å². The van der Waals surface area contributed by atoms with Crippen molar-refractivity contribution in [2.45, 2.75) is 12.3 Å². The average Bonchev–Trinajstić information content (AvgIpc) is 2.62. The summed E-state index contributed by atoms with van der Waals surface area (Å²) in [6.07, 6.45) is 0.925. The van der Waals surface area contributed by atoms with E-state index in [2.05, 4.69) is 15.3 Å². The van der Waals surface area contributed by atoms with Crippen molar-refractivity contribution in [2.24, 2.45) is 0 Å². The first kappa shape index (κ1) is 16.3. The number of benzene rings is 2. The fourth-order valence-electron chi connectivity index (χ4n) is 2.57. The molecule has 0 bridgehead atoms. The molecule has 1 aromatic heterocycles. The molecule has 0 radical (unpaired) electrons. The van der Waals surface area contributed by atoms with Gasteiger partial charge in [0, 0.05) is 19.8 Å². The minimum absolute atomic E-state index is 0.345. The van der Waals surface area contributed by atoms with Crippen molar-refractivity contribution >= 4 is 16.9 Å². The average molecular weight is 327 g/mol. The van der Waals surface area contributed by atoms with Crippen LogP contribution in [-0.4, -0.2) is 30.5 Å². The van der Waals surface area contributed by atoms with Crippen LogP contribution in [0.2, 0.25) is 0 Å². The van der Waals surface area contributed by atoms with Gasteiger partial charge in [-0.15, -0.1) is 0 Å². The van der Waals surface area contributed by atoms with Gasteiger partial charge in [-0.05, 0) is 18.2 Å². The lowest BCUT2D eigenvalue weighted by Gasteiger charge is -2.26. The largest absolute Gasteiger partial charge is 0.357 e. The van der Waals surface area contributed by atoms with Gasteiger partial charge in [0.1, 0.15) is 17.7 Å². The first-order chi connectivity index (χ1) is 11.7. The van der Waals surface area contributed by atoms with Gasteiger partial charge in [0.05, 0.1) is 17.2 Å². The molecular weight excluding hydrogens is 309 g/mol. The first-order valence-corrected chi connectivity index (χ1v) is 7.51.